The molecule has 1 atom stereocenters. The number of ether oxygens (including phenoxy) is 1. The van der Waals surface area contributed by atoms with Crippen molar-refractivity contribution in [1.82, 2.24) is 10.2 Å². The summed E-state index contributed by atoms with van der Waals surface area (Å²) in [5.41, 5.74) is 1.79. The first kappa shape index (κ1) is 30.1. The van der Waals surface area contributed by atoms with Gasteiger partial charge >= 0.3 is 0 Å². The van der Waals surface area contributed by atoms with Gasteiger partial charge < -0.3 is 15.0 Å². The van der Waals surface area contributed by atoms with E-state index in [1.165, 1.54) is 62.4 Å². The first-order chi connectivity index (χ1) is 18.9. The molecule has 212 valence electrons. The van der Waals surface area contributed by atoms with Crippen LogP contribution in [0, 0.1) is 24.0 Å². The van der Waals surface area contributed by atoms with Gasteiger partial charge in [0.25, 0.3) is 15.7 Å². The van der Waals surface area contributed by atoms with Crippen LogP contribution in [0.3, 0.4) is 0 Å². The highest BCUT2D eigenvalue weighted by Gasteiger charge is 2.33. The molecule has 0 aliphatic carbocycles. The second-order valence-corrected chi connectivity index (χ2v) is 11.1. The lowest BCUT2D eigenvalue weighted by molar-refractivity contribution is -0.385. The topological polar surface area (TPSA) is 139 Å². The molecule has 40 heavy (non-hydrogen) atoms. The maximum absolute atomic E-state index is 13.9. The molecule has 1 unspecified atom stereocenters. The number of hydrogen-bond donors (Lipinski definition) is 1. The molecule has 1 N–H and O–H groups in total. The molecular formula is C28H32N4O7S. The number of benzene rings is 3. The molecule has 0 saturated carbocycles. The van der Waals surface area contributed by atoms with Crippen molar-refractivity contribution in [2.45, 2.75) is 38.3 Å². The number of carbonyl (C=O) groups excluding carboxylic acids is 2. The average Bonchev–Trinajstić information content (AvgIpc) is 2.93. The number of carbonyl (C=O) groups is 2. The van der Waals surface area contributed by atoms with Gasteiger partial charge in [-0.15, -0.1) is 0 Å². The van der Waals surface area contributed by atoms with E-state index in [2.05, 4.69) is 5.32 Å². The number of nitro benzene ring substituents is 1. The first-order valence-electron chi connectivity index (χ1n) is 12.4. The SMILES string of the molecule is CNC(=O)C(C)N(Cc1cccc(C)c1)C(=O)CN(c1ccc(OC)cc1)S(=O)(=O)c1ccc(C)c([N+](=O)[O-])c1. The number of nitro groups is 1. The molecule has 0 saturated heterocycles. The fourth-order valence-electron chi connectivity index (χ4n) is 4.15. The summed E-state index contributed by atoms with van der Waals surface area (Å²) in [6.45, 7) is 4.35. The Morgan fingerprint density at radius 1 is 1.05 bits per heavy atom. The van der Waals surface area contributed by atoms with Crippen molar-refractivity contribution >= 4 is 33.2 Å². The maximum Gasteiger partial charge on any atom is 0.273 e. The molecule has 0 aliphatic heterocycles. The van der Waals surface area contributed by atoms with Crippen LogP contribution in [0.15, 0.2) is 71.6 Å². The minimum absolute atomic E-state index is 0.0571. The third-order valence-corrected chi connectivity index (χ3v) is 8.22. The number of amides is 2. The first-order valence-corrected chi connectivity index (χ1v) is 13.8. The van der Waals surface area contributed by atoms with Crippen molar-refractivity contribution in [1.29, 1.82) is 0 Å². The summed E-state index contributed by atoms with van der Waals surface area (Å²) >= 11 is 0. The van der Waals surface area contributed by atoms with Crippen LogP contribution in [-0.2, 0) is 26.2 Å². The van der Waals surface area contributed by atoms with Crippen molar-refractivity contribution in [2.24, 2.45) is 0 Å². The van der Waals surface area contributed by atoms with E-state index in [4.69, 9.17) is 4.74 Å². The lowest BCUT2D eigenvalue weighted by atomic mass is 10.1. The summed E-state index contributed by atoms with van der Waals surface area (Å²) in [5.74, 6) is -0.597. The largest absolute Gasteiger partial charge is 0.497 e. The Balaban J connectivity index is 2.09. The van der Waals surface area contributed by atoms with Crippen LogP contribution in [0.4, 0.5) is 11.4 Å². The summed E-state index contributed by atoms with van der Waals surface area (Å²) in [6.07, 6.45) is 0. The second-order valence-electron chi connectivity index (χ2n) is 9.22. The quantitative estimate of drug-likeness (QED) is 0.276. The van der Waals surface area contributed by atoms with Crippen LogP contribution in [0.1, 0.15) is 23.6 Å². The summed E-state index contributed by atoms with van der Waals surface area (Å²) in [4.78, 5) is 38.2. The third-order valence-electron chi connectivity index (χ3n) is 6.45. The van der Waals surface area contributed by atoms with Gasteiger partial charge in [0.05, 0.1) is 22.6 Å². The van der Waals surface area contributed by atoms with E-state index in [-0.39, 0.29) is 22.8 Å². The smallest absolute Gasteiger partial charge is 0.273 e. The zero-order valence-corrected chi connectivity index (χ0v) is 23.8. The summed E-state index contributed by atoms with van der Waals surface area (Å²) in [5, 5.41) is 14.1. The molecule has 0 heterocycles. The van der Waals surface area contributed by atoms with Crippen molar-refractivity contribution in [3.05, 3.63) is 93.5 Å². The Kier molecular flexibility index (Phi) is 9.48. The van der Waals surface area contributed by atoms with Crippen LogP contribution in [0.2, 0.25) is 0 Å². The molecule has 3 aromatic carbocycles. The standard InChI is InChI=1S/C28H32N4O7S/c1-19-7-6-8-22(15-19)17-30(21(3)28(34)29-4)27(33)18-31(23-10-12-24(39-5)13-11-23)40(37,38)25-14-9-20(2)26(16-25)32(35)36/h6-16,21H,17-18H2,1-5H3,(H,29,34). The fourth-order valence-corrected chi connectivity index (χ4v) is 5.58. The molecule has 12 heteroatoms. The van der Waals surface area contributed by atoms with Crippen LogP contribution in [0.25, 0.3) is 0 Å². The van der Waals surface area contributed by atoms with Gasteiger partial charge in [0.2, 0.25) is 11.8 Å². The molecule has 0 spiro atoms. The molecule has 0 bridgehead atoms. The van der Waals surface area contributed by atoms with Gasteiger partial charge in [0, 0.05) is 25.2 Å². The van der Waals surface area contributed by atoms with E-state index >= 15 is 0 Å². The highest BCUT2D eigenvalue weighted by atomic mass is 32.2. The maximum atomic E-state index is 13.9. The highest BCUT2D eigenvalue weighted by Crippen LogP contribution is 2.29. The van der Waals surface area contributed by atoms with Gasteiger partial charge in [-0.05, 0) is 56.7 Å². The van der Waals surface area contributed by atoms with Crippen LogP contribution >= 0.6 is 0 Å². The molecule has 2 amide bonds. The Hall–Kier alpha value is -4.45. The number of likely N-dealkylation sites (N-methyl/N-ethyl adjacent to an activating group) is 1. The van der Waals surface area contributed by atoms with Gasteiger partial charge in [-0.25, -0.2) is 8.42 Å². The van der Waals surface area contributed by atoms with Crippen LogP contribution in [0.5, 0.6) is 5.75 Å². The van der Waals surface area contributed by atoms with Gasteiger partial charge in [-0.3, -0.25) is 24.0 Å². The van der Waals surface area contributed by atoms with Gasteiger partial charge in [-0.1, -0.05) is 35.9 Å². The monoisotopic (exact) mass is 568 g/mol. The van der Waals surface area contributed by atoms with Crippen molar-refractivity contribution < 1.29 is 27.7 Å². The van der Waals surface area contributed by atoms with Gasteiger partial charge in [-0.2, -0.15) is 0 Å². The van der Waals surface area contributed by atoms with E-state index in [1.54, 1.807) is 6.92 Å². The number of nitrogens with zero attached hydrogens (tertiary/aromatic N) is 3. The molecule has 11 nitrogen and oxygen atoms in total. The molecule has 3 aromatic rings. The Labute approximate surface area is 233 Å². The average molecular weight is 569 g/mol. The normalized spacial score (nSPS) is 11.8. The lowest BCUT2D eigenvalue weighted by Gasteiger charge is -2.31. The van der Waals surface area contributed by atoms with Gasteiger partial charge in [0.1, 0.15) is 18.3 Å². The number of anilines is 1. The van der Waals surface area contributed by atoms with Gasteiger partial charge in [0.15, 0.2) is 0 Å². The highest BCUT2D eigenvalue weighted by molar-refractivity contribution is 7.92. The number of rotatable bonds is 11. The Morgan fingerprint density at radius 2 is 1.73 bits per heavy atom. The number of aryl methyl sites for hydroxylation is 2. The molecular weight excluding hydrogens is 536 g/mol. The summed E-state index contributed by atoms with van der Waals surface area (Å²) < 4.78 is 33.9. The number of methoxy groups -OCH3 is 1. The Morgan fingerprint density at radius 3 is 2.30 bits per heavy atom. The molecule has 0 aliphatic rings. The van der Waals surface area contributed by atoms with E-state index in [0.29, 0.717) is 11.3 Å². The third kappa shape index (κ3) is 6.75. The van der Waals surface area contributed by atoms with Crippen molar-refractivity contribution in [2.75, 3.05) is 25.0 Å². The Bertz CT molecular complexity index is 1510. The molecule has 0 aromatic heterocycles. The molecule has 0 fully saturated rings. The number of sulfonamides is 1. The lowest BCUT2D eigenvalue weighted by Crippen LogP contribution is -2.50. The summed E-state index contributed by atoms with van der Waals surface area (Å²) in [6, 6.07) is 16.1. The van der Waals surface area contributed by atoms with E-state index in [1.807, 2.05) is 31.2 Å². The van der Waals surface area contributed by atoms with E-state index in [9.17, 15) is 28.1 Å². The zero-order chi connectivity index (χ0) is 29.6. The zero-order valence-electron chi connectivity index (χ0n) is 23.0. The van der Waals surface area contributed by atoms with Crippen LogP contribution < -0.4 is 14.4 Å². The fraction of sp³-hybridized carbons (Fsp3) is 0.286. The van der Waals surface area contributed by atoms with E-state index < -0.39 is 39.3 Å². The molecule has 0 radical (unpaired) electrons. The number of hydrogen-bond acceptors (Lipinski definition) is 7. The minimum Gasteiger partial charge on any atom is -0.497 e. The van der Waals surface area contributed by atoms with E-state index in [0.717, 1.165) is 21.5 Å². The summed E-state index contributed by atoms with van der Waals surface area (Å²) in [7, 11) is -1.56. The van der Waals surface area contributed by atoms with Crippen molar-refractivity contribution in [3.8, 4) is 5.75 Å². The van der Waals surface area contributed by atoms with Crippen molar-refractivity contribution in [3.63, 3.8) is 0 Å². The number of nitrogens with one attached hydrogen (secondary N) is 1. The predicted octanol–water partition coefficient (Wildman–Crippen LogP) is 3.58. The molecule has 3 rings (SSSR count). The van der Waals surface area contributed by atoms with Crippen LogP contribution in [-0.4, -0.2) is 56.8 Å². The minimum atomic E-state index is -4.47. The predicted molar refractivity (Wildman–Crippen MR) is 151 cm³/mol. The second kappa shape index (κ2) is 12.6.